The maximum Gasteiger partial charge on any atom is 0.115 e. The highest BCUT2D eigenvalue weighted by Gasteiger charge is 2.51. The summed E-state index contributed by atoms with van der Waals surface area (Å²) in [6.07, 6.45) is 2.49. The molecule has 0 atom stereocenters. The van der Waals surface area contributed by atoms with E-state index >= 15 is 0 Å². The Balaban J connectivity index is 2.00. The van der Waals surface area contributed by atoms with Crippen molar-refractivity contribution in [2.45, 2.75) is 24.3 Å². The highest BCUT2D eigenvalue weighted by atomic mass is 16.3. The van der Waals surface area contributed by atoms with Crippen LogP contribution < -0.4 is 5.32 Å². The lowest BCUT2D eigenvalue weighted by Crippen LogP contribution is -2.37. The Labute approximate surface area is 77.6 Å². The van der Waals surface area contributed by atoms with Gasteiger partial charge in [0.25, 0.3) is 0 Å². The average molecular weight is 175 g/mol. The number of hydrogen-bond donors (Lipinski definition) is 2. The van der Waals surface area contributed by atoms with Gasteiger partial charge in [-0.2, -0.15) is 0 Å². The molecule has 2 bridgehead atoms. The second kappa shape index (κ2) is 2.26. The van der Waals surface area contributed by atoms with Crippen molar-refractivity contribution in [1.29, 1.82) is 0 Å². The monoisotopic (exact) mass is 175 g/mol. The molecule has 2 N–H and O–H groups in total. The first kappa shape index (κ1) is 7.39. The molecular formula is C11H13NO. The van der Waals surface area contributed by atoms with E-state index in [0.29, 0.717) is 11.2 Å². The van der Waals surface area contributed by atoms with Crippen LogP contribution in [0, 0.1) is 0 Å². The van der Waals surface area contributed by atoms with E-state index in [9.17, 15) is 5.11 Å². The molecular weight excluding hydrogens is 162 g/mol. The molecule has 2 saturated heterocycles. The lowest BCUT2D eigenvalue weighted by Gasteiger charge is -2.37. The molecule has 0 amide bonds. The van der Waals surface area contributed by atoms with Crippen LogP contribution in [0.4, 0.5) is 0 Å². The van der Waals surface area contributed by atoms with Crippen LogP contribution in [0.25, 0.3) is 0 Å². The van der Waals surface area contributed by atoms with Crippen molar-refractivity contribution >= 4 is 0 Å². The molecule has 2 aliphatic heterocycles. The van der Waals surface area contributed by atoms with Crippen molar-refractivity contribution in [3.63, 3.8) is 0 Å². The smallest absolute Gasteiger partial charge is 0.115 e. The van der Waals surface area contributed by atoms with Crippen LogP contribution in [0.2, 0.25) is 0 Å². The maximum absolute atomic E-state index is 9.38. The lowest BCUT2D eigenvalue weighted by atomic mass is 9.66. The number of hydrogen-bond acceptors (Lipinski definition) is 2. The van der Waals surface area contributed by atoms with Crippen molar-refractivity contribution in [2.24, 2.45) is 0 Å². The number of nitrogens with one attached hydrogen (secondary N) is 1. The van der Waals surface area contributed by atoms with Gasteiger partial charge in [0, 0.05) is 18.0 Å². The largest absolute Gasteiger partial charge is 0.508 e. The molecule has 0 spiro atoms. The molecule has 2 heterocycles. The lowest BCUT2D eigenvalue weighted by molar-refractivity contribution is 0.303. The van der Waals surface area contributed by atoms with E-state index < -0.39 is 0 Å². The van der Waals surface area contributed by atoms with Crippen molar-refractivity contribution in [2.75, 3.05) is 6.54 Å². The quantitative estimate of drug-likeness (QED) is 0.676. The van der Waals surface area contributed by atoms with Gasteiger partial charge in [0.2, 0.25) is 0 Å². The molecule has 13 heavy (non-hydrogen) atoms. The SMILES string of the molecule is Oc1cccc(C23CNC(C2)C3)c1. The topological polar surface area (TPSA) is 32.3 Å². The van der Waals surface area contributed by atoms with Gasteiger partial charge in [0.15, 0.2) is 0 Å². The van der Waals surface area contributed by atoms with Crippen LogP contribution in [0.3, 0.4) is 0 Å². The standard InChI is InChI=1S/C11H13NO/c13-10-3-1-2-8(4-10)11-5-9(6-11)12-7-11/h1-4,9,12-13H,5-7H2. The van der Waals surface area contributed by atoms with E-state index in [-0.39, 0.29) is 0 Å². The summed E-state index contributed by atoms with van der Waals surface area (Å²) in [4.78, 5) is 0. The first-order valence-corrected chi connectivity index (χ1v) is 4.81. The van der Waals surface area contributed by atoms with Crippen molar-refractivity contribution in [3.05, 3.63) is 29.8 Å². The van der Waals surface area contributed by atoms with E-state index in [0.717, 1.165) is 12.6 Å². The Kier molecular flexibility index (Phi) is 1.29. The third kappa shape index (κ3) is 0.923. The van der Waals surface area contributed by atoms with Gasteiger partial charge in [-0.1, -0.05) is 12.1 Å². The minimum Gasteiger partial charge on any atom is -0.508 e. The molecule has 1 aromatic carbocycles. The summed E-state index contributed by atoms with van der Waals surface area (Å²) in [6, 6.07) is 8.44. The number of benzene rings is 1. The van der Waals surface area contributed by atoms with Crippen LogP contribution in [-0.2, 0) is 5.41 Å². The third-order valence-electron chi connectivity index (χ3n) is 3.46. The molecule has 0 unspecified atom stereocenters. The van der Waals surface area contributed by atoms with E-state index in [1.54, 1.807) is 6.07 Å². The van der Waals surface area contributed by atoms with Crippen LogP contribution in [0.5, 0.6) is 5.75 Å². The Hall–Kier alpha value is -1.02. The molecule has 1 aromatic rings. The molecule has 68 valence electrons. The van der Waals surface area contributed by atoms with Crippen LogP contribution in [0.1, 0.15) is 18.4 Å². The van der Waals surface area contributed by atoms with Crippen LogP contribution in [-0.4, -0.2) is 17.7 Å². The molecule has 3 aliphatic rings. The van der Waals surface area contributed by atoms with Gasteiger partial charge in [0.05, 0.1) is 0 Å². The fourth-order valence-corrected chi connectivity index (χ4v) is 2.69. The summed E-state index contributed by atoms with van der Waals surface area (Å²) < 4.78 is 0. The Morgan fingerprint density at radius 1 is 1.38 bits per heavy atom. The predicted octanol–water partition coefficient (Wildman–Crippen LogP) is 1.40. The van der Waals surface area contributed by atoms with E-state index in [2.05, 4.69) is 11.4 Å². The molecule has 2 nitrogen and oxygen atoms in total. The Morgan fingerprint density at radius 3 is 2.85 bits per heavy atom. The third-order valence-corrected chi connectivity index (χ3v) is 3.46. The number of aromatic hydroxyl groups is 1. The van der Waals surface area contributed by atoms with Gasteiger partial charge in [0.1, 0.15) is 5.75 Å². The molecule has 1 aliphatic carbocycles. The Morgan fingerprint density at radius 2 is 2.23 bits per heavy atom. The van der Waals surface area contributed by atoms with Crippen molar-refractivity contribution < 1.29 is 5.11 Å². The summed E-state index contributed by atoms with van der Waals surface area (Å²) in [7, 11) is 0. The van der Waals surface area contributed by atoms with Gasteiger partial charge < -0.3 is 10.4 Å². The van der Waals surface area contributed by atoms with Gasteiger partial charge in [-0.25, -0.2) is 0 Å². The van der Waals surface area contributed by atoms with Gasteiger partial charge in [-0.15, -0.1) is 0 Å². The van der Waals surface area contributed by atoms with Gasteiger partial charge in [-0.05, 0) is 30.5 Å². The van der Waals surface area contributed by atoms with E-state index in [1.165, 1.54) is 18.4 Å². The van der Waals surface area contributed by atoms with Gasteiger partial charge in [-0.3, -0.25) is 0 Å². The first-order valence-electron chi connectivity index (χ1n) is 4.81. The summed E-state index contributed by atoms with van der Waals surface area (Å²) in [6.45, 7) is 1.08. The van der Waals surface area contributed by atoms with Crippen molar-refractivity contribution in [3.8, 4) is 5.75 Å². The summed E-state index contributed by atoms with van der Waals surface area (Å²) in [5, 5.41) is 12.9. The fraction of sp³-hybridized carbons (Fsp3) is 0.455. The minimum absolute atomic E-state index is 0.351. The molecule has 3 fully saturated rings. The molecule has 0 aromatic heterocycles. The molecule has 4 rings (SSSR count). The molecule has 2 heteroatoms. The zero-order valence-corrected chi connectivity index (χ0v) is 7.46. The number of phenolic OH excluding ortho intramolecular Hbond substituents is 1. The summed E-state index contributed by atoms with van der Waals surface area (Å²) >= 11 is 0. The maximum atomic E-state index is 9.38. The fourth-order valence-electron chi connectivity index (χ4n) is 2.69. The summed E-state index contributed by atoms with van der Waals surface area (Å²) in [5.74, 6) is 0.391. The average Bonchev–Trinajstić information content (AvgIpc) is 2.61. The zero-order valence-electron chi connectivity index (χ0n) is 7.46. The predicted molar refractivity (Wildman–Crippen MR) is 50.8 cm³/mol. The number of rotatable bonds is 1. The van der Waals surface area contributed by atoms with Crippen LogP contribution >= 0.6 is 0 Å². The van der Waals surface area contributed by atoms with E-state index in [4.69, 9.17) is 0 Å². The highest BCUT2D eigenvalue weighted by Crippen LogP contribution is 2.48. The zero-order chi connectivity index (χ0) is 8.89. The van der Waals surface area contributed by atoms with Crippen LogP contribution in [0.15, 0.2) is 24.3 Å². The van der Waals surface area contributed by atoms with Crippen molar-refractivity contribution in [1.82, 2.24) is 5.32 Å². The highest BCUT2D eigenvalue weighted by molar-refractivity contribution is 5.38. The molecule has 0 radical (unpaired) electrons. The normalized spacial score (nSPS) is 35.8. The number of fused-ring (bicyclic) bond motifs is 1. The number of phenols is 1. The molecule has 1 saturated carbocycles. The first-order chi connectivity index (χ1) is 6.28. The van der Waals surface area contributed by atoms with Gasteiger partial charge >= 0.3 is 0 Å². The minimum atomic E-state index is 0.351. The second-order valence-electron chi connectivity index (χ2n) is 4.32. The Bertz CT molecular complexity index is 336. The van der Waals surface area contributed by atoms with E-state index in [1.807, 2.05) is 12.1 Å². The summed E-state index contributed by atoms with van der Waals surface area (Å²) in [5.41, 5.74) is 1.65. The second-order valence-corrected chi connectivity index (χ2v) is 4.32.